The first-order valence-electron chi connectivity index (χ1n) is 6.01. The number of aliphatic hydroxyl groups is 1. The molecule has 16 heavy (non-hydrogen) atoms. The molecule has 0 aliphatic carbocycles. The predicted molar refractivity (Wildman–Crippen MR) is 64.9 cm³/mol. The van der Waals surface area contributed by atoms with Crippen molar-refractivity contribution in [2.24, 2.45) is 11.8 Å². The monoisotopic (exact) mass is 225 g/mol. The molecule has 4 heteroatoms. The molecule has 3 N–H and O–H groups in total. The topological polar surface area (TPSA) is 60.9 Å². The van der Waals surface area contributed by atoms with Crippen molar-refractivity contribution in [2.45, 2.75) is 33.2 Å². The minimum Gasteiger partial charge on any atom is -0.396 e. The number of aliphatic hydroxyl groups excluding tert-OH is 1. The highest BCUT2D eigenvalue weighted by Gasteiger charge is 2.10. The average molecular weight is 225 g/mol. The zero-order valence-electron chi connectivity index (χ0n) is 10.2. The van der Waals surface area contributed by atoms with Crippen LogP contribution < -0.4 is 5.32 Å². The summed E-state index contributed by atoms with van der Waals surface area (Å²) in [7, 11) is 0. The van der Waals surface area contributed by atoms with Crippen LogP contribution in [0.3, 0.4) is 0 Å². The number of aromatic nitrogens is 2. The maximum absolute atomic E-state index is 8.99. The minimum atomic E-state index is 0.281. The number of aromatic amines is 1. The number of nitrogens with zero attached hydrogens (tertiary/aromatic N) is 1. The number of H-pyrrole nitrogens is 1. The van der Waals surface area contributed by atoms with Crippen molar-refractivity contribution in [3.63, 3.8) is 0 Å². The quantitative estimate of drug-likeness (QED) is 0.629. The number of imidazole rings is 1. The standard InChI is InChI=1S/C12H23N3O/c1-10(2)5-11(3-4-16)6-13-7-12-8-14-9-15-12/h8-11,13,16H,3-7H2,1-2H3,(H,14,15). The first kappa shape index (κ1) is 13.2. The Bertz CT molecular complexity index is 259. The third-order valence-electron chi connectivity index (χ3n) is 2.65. The van der Waals surface area contributed by atoms with Crippen molar-refractivity contribution in [3.8, 4) is 0 Å². The summed E-state index contributed by atoms with van der Waals surface area (Å²) >= 11 is 0. The van der Waals surface area contributed by atoms with Crippen molar-refractivity contribution in [2.75, 3.05) is 13.2 Å². The molecule has 0 bridgehead atoms. The van der Waals surface area contributed by atoms with Crippen LogP contribution in [0.2, 0.25) is 0 Å². The lowest BCUT2D eigenvalue weighted by molar-refractivity contribution is 0.239. The van der Waals surface area contributed by atoms with E-state index < -0.39 is 0 Å². The van der Waals surface area contributed by atoms with E-state index in [2.05, 4.69) is 29.1 Å². The maximum atomic E-state index is 8.99. The molecule has 0 fully saturated rings. The molecule has 4 nitrogen and oxygen atoms in total. The lowest BCUT2D eigenvalue weighted by atomic mass is 9.94. The fourth-order valence-electron chi connectivity index (χ4n) is 1.94. The molecular formula is C12H23N3O. The number of hydrogen-bond donors (Lipinski definition) is 3. The van der Waals surface area contributed by atoms with Crippen molar-refractivity contribution in [1.29, 1.82) is 0 Å². The summed E-state index contributed by atoms with van der Waals surface area (Å²) in [6, 6.07) is 0. The van der Waals surface area contributed by atoms with Gasteiger partial charge in [-0.3, -0.25) is 0 Å². The van der Waals surface area contributed by atoms with Gasteiger partial charge in [-0.05, 0) is 31.2 Å². The third kappa shape index (κ3) is 5.28. The molecular weight excluding hydrogens is 202 g/mol. The smallest absolute Gasteiger partial charge is 0.0922 e. The van der Waals surface area contributed by atoms with E-state index in [1.807, 2.05) is 6.20 Å². The van der Waals surface area contributed by atoms with Crippen LogP contribution in [0.25, 0.3) is 0 Å². The summed E-state index contributed by atoms with van der Waals surface area (Å²) < 4.78 is 0. The number of rotatable bonds is 8. The number of nitrogens with one attached hydrogen (secondary N) is 2. The lowest BCUT2D eigenvalue weighted by Gasteiger charge is -2.18. The summed E-state index contributed by atoms with van der Waals surface area (Å²) in [4.78, 5) is 7.03. The van der Waals surface area contributed by atoms with Gasteiger partial charge in [-0.25, -0.2) is 4.98 Å². The van der Waals surface area contributed by atoms with Crippen molar-refractivity contribution < 1.29 is 5.11 Å². The largest absolute Gasteiger partial charge is 0.396 e. The molecule has 1 aromatic heterocycles. The van der Waals surface area contributed by atoms with Crippen LogP contribution in [0, 0.1) is 11.8 Å². The van der Waals surface area contributed by atoms with E-state index >= 15 is 0 Å². The van der Waals surface area contributed by atoms with Gasteiger partial charge in [-0.1, -0.05) is 13.8 Å². The highest BCUT2D eigenvalue weighted by Crippen LogP contribution is 2.14. The van der Waals surface area contributed by atoms with E-state index in [0.717, 1.165) is 31.6 Å². The lowest BCUT2D eigenvalue weighted by Crippen LogP contribution is -2.24. The Morgan fingerprint density at radius 2 is 2.31 bits per heavy atom. The molecule has 1 atom stereocenters. The van der Waals surface area contributed by atoms with E-state index in [-0.39, 0.29) is 6.61 Å². The zero-order valence-corrected chi connectivity index (χ0v) is 10.2. The molecule has 1 aromatic rings. The SMILES string of the molecule is CC(C)CC(CCO)CNCc1cnc[nH]1. The average Bonchev–Trinajstić information content (AvgIpc) is 2.70. The highest BCUT2D eigenvalue weighted by atomic mass is 16.3. The Kier molecular flexibility index (Phi) is 6.11. The minimum absolute atomic E-state index is 0.281. The summed E-state index contributed by atoms with van der Waals surface area (Å²) in [6.45, 7) is 6.50. The molecule has 0 aliphatic heterocycles. The van der Waals surface area contributed by atoms with Gasteiger partial charge >= 0.3 is 0 Å². The molecule has 1 unspecified atom stereocenters. The van der Waals surface area contributed by atoms with Gasteiger partial charge in [-0.15, -0.1) is 0 Å². The molecule has 0 saturated carbocycles. The van der Waals surface area contributed by atoms with Crippen molar-refractivity contribution in [1.82, 2.24) is 15.3 Å². The van der Waals surface area contributed by atoms with E-state index in [4.69, 9.17) is 5.11 Å². The Hall–Kier alpha value is -0.870. The molecule has 0 aliphatic rings. The number of hydrogen-bond acceptors (Lipinski definition) is 3. The van der Waals surface area contributed by atoms with Crippen LogP contribution in [0.4, 0.5) is 0 Å². The van der Waals surface area contributed by atoms with Crippen LogP contribution in [0.15, 0.2) is 12.5 Å². The van der Waals surface area contributed by atoms with Gasteiger partial charge in [0.2, 0.25) is 0 Å². The summed E-state index contributed by atoms with van der Waals surface area (Å²) in [5.74, 6) is 1.25. The van der Waals surface area contributed by atoms with Gasteiger partial charge in [0.15, 0.2) is 0 Å². The normalized spacial score (nSPS) is 13.2. The van der Waals surface area contributed by atoms with E-state index in [1.165, 1.54) is 0 Å². The van der Waals surface area contributed by atoms with Crippen LogP contribution in [-0.4, -0.2) is 28.2 Å². The second-order valence-corrected chi connectivity index (χ2v) is 4.72. The molecule has 0 amide bonds. The second kappa shape index (κ2) is 7.41. The fraction of sp³-hybridized carbons (Fsp3) is 0.750. The van der Waals surface area contributed by atoms with Crippen LogP contribution in [0.5, 0.6) is 0 Å². The molecule has 92 valence electrons. The Labute approximate surface area is 97.5 Å². The molecule has 1 heterocycles. The van der Waals surface area contributed by atoms with E-state index in [0.29, 0.717) is 11.8 Å². The summed E-state index contributed by atoms with van der Waals surface area (Å²) in [5, 5.41) is 12.4. The molecule has 0 radical (unpaired) electrons. The van der Waals surface area contributed by atoms with Crippen LogP contribution in [0.1, 0.15) is 32.4 Å². The van der Waals surface area contributed by atoms with Gasteiger partial charge in [0.1, 0.15) is 0 Å². The van der Waals surface area contributed by atoms with Crippen LogP contribution >= 0.6 is 0 Å². The molecule has 0 saturated heterocycles. The van der Waals surface area contributed by atoms with Gasteiger partial charge in [0.05, 0.1) is 6.33 Å². The summed E-state index contributed by atoms with van der Waals surface area (Å²) in [6.07, 6.45) is 5.57. The second-order valence-electron chi connectivity index (χ2n) is 4.72. The Morgan fingerprint density at radius 1 is 1.50 bits per heavy atom. The van der Waals surface area contributed by atoms with Crippen molar-refractivity contribution in [3.05, 3.63) is 18.2 Å². The first-order valence-corrected chi connectivity index (χ1v) is 6.01. The van der Waals surface area contributed by atoms with E-state index in [1.54, 1.807) is 6.33 Å². The fourth-order valence-corrected chi connectivity index (χ4v) is 1.94. The Morgan fingerprint density at radius 3 is 2.88 bits per heavy atom. The molecule has 1 rings (SSSR count). The predicted octanol–water partition coefficient (Wildman–Crippen LogP) is 1.54. The zero-order chi connectivity index (χ0) is 11.8. The Balaban J connectivity index is 2.21. The van der Waals surface area contributed by atoms with E-state index in [9.17, 15) is 0 Å². The summed E-state index contributed by atoms with van der Waals surface area (Å²) in [5.41, 5.74) is 1.10. The highest BCUT2D eigenvalue weighted by molar-refractivity contribution is 4.93. The maximum Gasteiger partial charge on any atom is 0.0922 e. The third-order valence-corrected chi connectivity index (χ3v) is 2.65. The molecule has 0 aromatic carbocycles. The van der Waals surface area contributed by atoms with Gasteiger partial charge < -0.3 is 15.4 Å². The van der Waals surface area contributed by atoms with Gasteiger partial charge in [0.25, 0.3) is 0 Å². The van der Waals surface area contributed by atoms with Gasteiger partial charge in [0, 0.05) is 25.0 Å². The first-order chi connectivity index (χ1) is 7.72. The molecule has 0 spiro atoms. The van der Waals surface area contributed by atoms with Gasteiger partial charge in [-0.2, -0.15) is 0 Å². The van der Waals surface area contributed by atoms with Crippen LogP contribution in [-0.2, 0) is 6.54 Å². The van der Waals surface area contributed by atoms with Crippen molar-refractivity contribution >= 4 is 0 Å².